The number of piperidine rings is 1. The number of hydrogen-bond donors (Lipinski definition) is 2. The Bertz CT molecular complexity index is 514. The first-order valence-electron chi connectivity index (χ1n) is 5.95. The highest BCUT2D eigenvalue weighted by Gasteiger charge is 2.15. The molecule has 6 heteroatoms. The van der Waals surface area contributed by atoms with Gasteiger partial charge in [-0.15, -0.1) is 5.10 Å². The lowest BCUT2D eigenvalue weighted by Gasteiger charge is -2.26. The van der Waals surface area contributed by atoms with Crippen molar-refractivity contribution in [2.75, 3.05) is 23.4 Å². The van der Waals surface area contributed by atoms with Crippen molar-refractivity contribution in [2.45, 2.75) is 19.3 Å². The zero-order chi connectivity index (χ0) is 11.7. The fraction of sp³-hybridized carbons (Fsp3) is 0.455. The SMILES string of the molecule is NNc1nc(N2CCCCC2)nn2cccc12. The largest absolute Gasteiger partial charge is 0.340 e. The average Bonchev–Trinajstić information content (AvgIpc) is 2.86. The number of aromatic nitrogens is 3. The zero-order valence-electron chi connectivity index (χ0n) is 9.63. The first-order chi connectivity index (χ1) is 8.38. The predicted molar refractivity (Wildman–Crippen MR) is 66.9 cm³/mol. The van der Waals surface area contributed by atoms with E-state index in [1.807, 2.05) is 22.8 Å². The van der Waals surface area contributed by atoms with Gasteiger partial charge in [0.2, 0.25) is 5.95 Å². The quantitative estimate of drug-likeness (QED) is 0.597. The lowest BCUT2D eigenvalue weighted by atomic mass is 10.1. The lowest BCUT2D eigenvalue weighted by molar-refractivity contribution is 0.564. The van der Waals surface area contributed by atoms with Crippen molar-refractivity contribution >= 4 is 17.3 Å². The van der Waals surface area contributed by atoms with Gasteiger partial charge in [-0.25, -0.2) is 10.4 Å². The standard InChI is InChI=1S/C11H16N6/c12-14-10-9-5-4-8-17(9)15-11(13-10)16-6-2-1-3-7-16/h4-5,8H,1-3,6-7,12H2,(H,13,14,15). The fourth-order valence-electron chi connectivity index (χ4n) is 2.26. The van der Waals surface area contributed by atoms with Crippen LogP contribution in [0.25, 0.3) is 5.52 Å². The van der Waals surface area contributed by atoms with Crippen molar-refractivity contribution < 1.29 is 0 Å². The zero-order valence-corrected chi connectivity index (χ0v) is 9.63. The van der Waals surface area contributed by atoms with Crippen LogP contribution in [0.5, 0.6) is 0 Å². The van der Waals surface area contributed by atoms with Gasteiger partial charge in [-0.2, -0.15) is 4.98 Å². The summed E-state index contributed by atoms with van der Waals surface area (Å²) in [5.74, 6) is 6.92. The Morgan fingerprint density at radius 1 is 1.24 bits per heavy atom. The van der Waals surface area contributed by atoms with Crippen molar-refractivity contribution in [1.82, 2.24) is 14.6 Å². The Morgan fingerprint density at radius 2 is 2.06 bits per heavy atom. The lowest BCUT2D eigenvalue weighted by Crippen LogP contribution is -2.31. The van der Waals surface area contributed by atoms with Crippen LogP contribution >= 0.6 is 0 Å². The molecule has 3 heterocycles. The molecule has 90 valence electrons. The molecule has 2 aromatic heterocycles. The Balaban J connectivity index is 2.03. The van der Waals surface area contributed by atoms with E-state index in [4.69, 9.17) is 5.84 Å². The Morgan fingerprint density at radius 3 is 2.82 bits per heavy atom. The van der Waals surface area contributed by atoms with E-state index in [0.29, 0.717) is 5.82 Å². The number of nitrogens with two attached hydrogens (primary N) is 1. The van der Waals surface area contributed by atoms with E-state index in [1.165, 1.54) is 19.3 Å². The van der Waals surface area contributed by atoms with Crippen LogP contribution in [0.1, 0.15) is 19.3 Å². The van der Waals surface area contributed by atoms with Gasteiger partial charge < -0.3 is 10.3 Å². The summed E-state index contributed by atoms with van der Waals surface area (Å²) >= 11 is 0. The molecule has 0 amide bonds. The smallest absolute Gasteiger partial charge is 0.245 e. The maximum absolute atomic E-state index is 5.50. The third kappa shape index (κ3) is 1.80. The second-order valence-corrected chi connectivity index (χ2v) is 4.29. The first kappa shape index (κ1) is 10.3. The van der Waals surface area contributed by atoms with Crippen LogP contribution in [0.2, 0.25) is 0 Å². The van der Waals surface area contributed by atoms with Crippen LogP contribution in [0.3, 0.4) is 0 Å². The molecule has 0 atom stereocenters. The second-order valence-electron chi connectivity index (χ2n) is 4.29. The number of hydrazine groups is 1. The monoisotopic (exact) mass is 232 g/mol. The molecular weight excluding hydrogens is 216 g/mol. The van der Waals surface area contributed by atoms with Crippen LogP contribution in [-0.2, 0) is 0 Å². The molecule has 0 unspecified atom stereocenters. The van der Waals surface area contributed by atoms with Crippen molar-refractivity contribution in [1.29, 1.82) is 0 Å². The Hall–Kier alpha value is -1.82. The normalized spacial score (nSPS) is 16.4. The van der Waals surface area contributed by atoms with Gasteiger partial charge in [-0.1, -0.05) is 0 Å². The summed E-state index contributed by atoms with van der Waals surface area (Å²) in [4.78, 5) is 6.69. The second kappa shape index (κ2) is 4.21. The molecular formula is C11H16N6. The van der Waals surface area contributed by atoms with Crippen LogP contribution in [0.4, 0.5) is 11.8 Å². The predicted octanol–water partition coefficient (Wildman–Crippen LogP) is 1.01. The highest BCUT2D eigenvalue weighted by Crippen LogP contribution is 2.20. The van der Waals surface area contributed by atoms with Crippen LogP contribution in [0.15, 0.2) is 18.3 Å². The highest BCUT2D eigenvalue weighted by atomic mass is 15.4. The minimum absolute atomic E-state index is 0.672. The number of hydrogen-bond acceptors (Lipinski definition) is 5. The molecule has 1 aliphatic heterocycles. The summed E-state index contributed by atoms with van der Waals surface area (Å²) in [6.07, 6.45) is 5.62. The Labute approximate surface area is 99.4 Å². The number of fused-ring (bicyclic) bond motifs is 1. The number of rotatable bonds is 2. The van der Waals surface area contributed by atoms with E-state index < -0.39 is 0 Å². The van der Waals surface area contributed by atoms with E-state index in [0.717, 1.165) is 24.6 Å². The molecule has 0 spiro atoms. The number of nitrogens with zero attached hydrogens (tertiary/aromatic N) is 4. The summed E-state index contributed by atoms with van der Waals surface area (Å²) in [5.41, 5.74) is 3.53. The third-order valence-electron chi connectivity index (χ3n) is 3.16. The molecule has 1 aliphatic rings. The molecule has 1 saturated heterocycles. The minimum Gasteiger partial charge on any atom is -0.340 e. The molecule has 1 fully saturated rings. The summed E-state index contributed by atoms with van der Waals surface area (Å²) in [5, 5.41) is 4.50. The van der Waals surface area contributed by atoms with Gasteiger partial charge in [0.25, 0.3) is 0 Å². The third-order valence-corrected chi connectivity index (χ3v) is 3.16. The van der Waals surface area contributed by atoms with Gasteiger partial charge in [-0.05, 0) is 31.4 Å². The van der Waals surface area contributed by atoms with Crippen molar-refractivity contribution in [3.05, 3.63) is 18.3 Å². The average molecular weight is 232 g/mol. The van der Waals surface area contributed by atoms with Crippen LogP contribution in [-0.4, -0.2) is 27.7 Å². The molecule has 17 heavy (non-hydrogen) atoms. The van der Waals surface area contributed by atoms with Gasteiger partial charge >= 0.3 is 0 Å². The molecule has 2 aromatic rings. The van der Waals surface area contributed by atoms with E-state index in [2.05, 4.69) is 20.4 Å². The molecule has 0 aliphatic carbocycles. The summed E-state index contributed by atoms with van der Waals surface area (Å²) < 4.78 is 1.81. The molecule has 0 radical (unpaired) electrons. The molecule has 3 rings (SSSR count). The highest BCUT2D eigenvalue weighted by molar-refractivity contribution is 5.68. The van der Waals surface area contributed by atoms with E-state index in [1.54, 1.807) is 0 Å². The van der Waals surface area contributed by atoms with Crippen molar-refractivity contribution in [2.24, 2.45) is 5.84 Å². The van der Waals surface area contributed by atoms with E-state index in [-0.39, 0.29) is 0 Å². The van der Waals surface area contributed by atoms with E-state index >= 15 is 0 Å². The van der Waals surface area contributed by atoms with Crippen LogP contribution in [0, 0.1) is 0 Å². The van der Waals surface area contributed by atoms with Gasteiger partial charge in [0.15, 0.2) is 5.82 Å². The fourth-order valence-corrected chi connectivity index (χ4v) is 2.26. The van der Waals surface area contributed by atoms with Gasteiger partial charge in [0.05, 0.1) is 0 Å². The van der Waals surface area contributed by atoms with E-state index in [9.17, 15) is 0 Å². The molecule has 0 saturated carbocycles. The maximum Gasteiger partial charge on any atom is 0.245 e. The molecule has 6 nitrogen and oxygen atoms in total. The summed E-state index contributed by atoms with van der Waals surface area (Å²) in [6.45, 7) is 2.05. The minimum atomic E-state index is 0.672. The molecule has 0 aromatic carbocycles. The molecule has 3 N–H and O–H groups in total. The number of nitrogens with one attached hydrogen (secondary N) is 1. The number of nitrogen functional groups attached to an aromatic ring is 1. The van der Waals surface area contributed by atoms with Crippen LogP contribution < -0.4 is 16.2 Å². The maximum atomic E-state index is 5.50. The number of anilines is 2. The van der Waals surface area contributed by atoms with Gasteiger partial charge in [0.1, 0.15) is 5.52 Å². The van der Waals surface area contributed by atoms with Gasteiger partial charge in [-0.3, -0.25) is 0 Å². The van der Waals surface area contributed by atoms with Crippen molar-refractivity contribution in [3.63, 3.8) is 0 Å². The first-order valence-corrected chi connectivity index (χ1v) is 5.95. The molecule has 0 bridgehead atoms. The Kier molecular flexibility index (Phi) is 2.56. The van der Waals surface area contributed by atoms with Gasteiger partial charge in [0, 0.05) is 19.3 Å². The van der Waals surface area contributed by atoms with Crippen molar-refractivity contribution in [3.8, 4) is 0 Å². The summed E-state index contributed by atoms with van der Waals surface area (Å²) in [7, 11) is 0. The summed E-state index contributed by atoms with van der Waals surface area (Å²) in [6, 6.07) is 3.88. The topological polar surface area (TPSA) is 71.5 Å².